The minimum Gasteiger partial charge on any atom is -0.486 e. The lowest BCUT2D eigenvalue weighted by Crippen LogP contribution is -2.39. The van der Waals surface area contributed by atoms with Crippen LogP contribution in [0.25, 0.3) is 0 Å². The molecular weight excluding hydrogens is 396 g/mol. The van der Waals surface area contributed by atoms with Gasteiger partial charge < -0.3 is 19.7 Å². The van der Waals surface area contributed by atoms with Crippen molar-refractivity contribution in [3.05, 3.63) is 46.2 Å². The number of nitrogens with one attached hydrogen (secondary N) is 1. The highest BCUT2D eigenvalue weighted by atomic mass is 35.5. The standard InChI is InChI=1S/C21H24N2O3S.ClH/c24-20(16-2-1-3-17-19(16)26-10-9-25-17)23(13-15-4-11-27-14-15)18-12-21(18)5-7-22-8-6-21;/h1-4,11,14,18,22H,5-10,12-13H2;1H. The van der Waals surface area contributed by atoms with Gasteiger partial charge in [0.2, 0.25) is 0 Å². The number of hydrogen-bond acceptors (Lipinski definition) is 5. The quantitative estimate of drug-likeness (QED) is 0.818. The molecule has 0 bridgehead atoms. The molecule has 7 heteroatoms. The first-order valence-electron chi connectivity index (χ1n) is 9.68. The van der Waals surface area contributed by atoms with E-state index in [0.29, 0.717) is 48.3 Å². The average molecular weight is 421 g/mol. The van der Waals surface area contributed by atoms with Gasteiger partial charge >= 0.3 is 0 Å². The van der Waals surface area contributed by atoms with E-state index in [0.717, 1.165) is 32.4 Å². The molecule has 1 aromatic carbocycles. The molecule has 150 valence electrons. The zero-order valence-corrected chi connectivity index (χ0v) is 17.3. The van der Waals surface area contributed by atoms with Crippen LogP contribution in [0, 0.1) is 5.41 Å². The maximum atomic E-state index is 13.6. The van der Waals surface area contributed by atoms with Gasteiger partial charge in [0.05, 0.1) is 5.56 Å². The molecule has 1 saturated heterocycles. The molecule has 1 atom stereocenters. The molecule has 3 aliphatic rings. The lowest BCUT2D eigenvalue weighted by Gasteiger charge is -2.30. The van der Waals surface area contributed by atoms with E-state index in [4.69, 9.17) is 9.47 Å². The van der Waals surface area contributed by atoms with Crippen molar-refractivity contribution >= 4 is 29.7 Å². The number of carbonyl (C=O) groups is 1. The molecule has 1 amide bonds. The predicted octanol–water partition coefficient (Wildman–Crippen LogP) is 3.73. The van der Waals surface area contributed by atoms with Crippen molar-refractivity contribution in [3.63, 3.8) is 0 Å². The zero-order valence-electron chi connectivity index (χ0n) is 15.7. The van der Waals surface area contributed by atoms with Crippen LogP contribution in [0.3, 0.4) is 0 Å². The first-order valence-corrected chi connectivity index (χ1v) is 10.6. The Labute approximate surface area is 175 Å². The third kappa shape index (κ3) is 3.49. The summed E-state index contributed by atoms with van der Waals surface area (Å²) in [7, 11) is 0. The number of halogens is 1. The van der Waals surface area contributed by atoms with Crippen molar-refractivity contribution in [2.75, 3.05) is 26.3 Å². The Kier molecular flexibility index (Phi) is 5.54. The molecule has 28 heavy (non-hydrogen) atoms. The second-order valence-electron chi connectivity index (χ2n) is 7.73. The van der Waals surface area contributed by atoms with Crippen LogP contribution in [-0.4, -0.2) is 43.2 Å². The number of ether oxygens (including phenoxy) is 2. The molecule has 1 unspecified atom stereocenters. The number of benzene rings is 1. The summed E-state index contributed by atoms with van der Waals surface area (Å²) >= 11 is 1.68. The number of para-hydroxylation sites is 1. The summed E-state index contributed by atoms with van der Waals surface area (Å²) in [5.74, 6) is 1.34. The number of nitrogens with zero attached hydrogens (tertiary/aromatic N) is 1. The van der Waals surface area contributed by atoms with E-state index in [2.05, 4.69) is 27.0 Å². The van der Waals surface area contributed by atoms with Crippen LogP contribution in [-0.2, 0) is 6.54 Å². The van der Waals surface area contributed by atoms with Gasteiger partial charge in [-0.25, -0.2) is 0 Å². The van der Waals surface area contributed by atoms with Crippen LogP contribution in [0.2, 0.25) is 0 Å². The minimum absolute atomic E-state index is 0. The number of piperidine rings is 1. The number of carbonyl (C=O) groups excluding carboxylic acids is 1. The van der Waals surface area contributed by atoms with Gasteiger partial charge in [-0.2, -0.15) is 11.3 Å². The molecule has 3 heterocycles. The van der Waals surface area contributed by atoms with Crippen LogP contribution in [0.5, 0.6) is 11.5 Å². The Morgan fingerprint density at radius 2 is 2.04 bits per heavy atom. The van der Waals surface area contributed by atoms with Gasteiger partial charge in [0.25, 0.3) is 5.91 Å². The molecule has 2 aromatic rings. The average Bonchev–Trinajstić information content (AvgIpc) is 3.14. The smallest absolute Gasteiger partial charge is 0.258 e. The van der Waals surface area contributed by atoms with E-state index in [-0.39, 0.29) is 18.3 Å². The molecular formula is C21H25ClN2O3S. The zero-order chi connectivity index (χ0) is 18.3. The third-order valence-corrected chi connectivity index (χ3v) is 6.84. The Balaban J connectivity index is 0.00000192. The monoisotopic (exact) mass is 420 g/mol. The molecule has 5 rings (SSSR count). The van der Waals surface area contributed by atoms with Crippen molar-refractivity contribution in [3.8, 4) is 11.5 Å². The Hall–Kier alpha value is -1.76. The minimum atomic E-state index is 0. The molecule has 1 saturated carbocycles. The normalized spacial score (nSPS) is 21.6. The van der Waals surface area contributed by atoms with E-state index in [1.165, 1.54) is 5.56 Å². The van der Waals surface area contributed by atoms with Gasteiger partial charge in [-0.3, -0.25) is 4.79 Å². The van der Waals surface area contributed by atoms with Crippen LogP contribution in [0.1, 0.15) is 35.2 Å². The van der Waals surface area contributed by atoms with Crippen LogP contribution < -0.4 is 14.8 Å². The molecule has 1 aromatic heterocycles. The topological polar surface area (TPSA) is 50.8 Å². The van der Waals surface area contributed by atoms with Crippen molar-refractivity contribution in [1.82, 2.24) is 10.2 Å². The van der Waals surface area contributed by atoms with Gasteiger partial charge in [0, 0.05) is 12.6 Å². The molecule has 2 aliphatic heterocycles. The van der Waals surface area contributed by atoms with Gasteiger partial charge in [0.1, 0.15) is 13.2 Å². The number of amides is 1. The molecule has 1 aliphatic carbocycles. The number of rotatable bonds is 4. The fraction of sp³-hybridized carbons (Fsp3) is 0.476. The summed E-state index contributed by atoms with van der Waals surface area (Å²) in [6.07, 6.45) is 3.41. The summed E-state index contributed by atoms with van der Waals surface area (Å²) in [6, 6.07) is 8.06. The molecule has 1 spiro atoms. The Bertz CT molecular complexity index is 836. The van der Waals surface area contributed by atoms with Crippen molar-refractivity contribution in [2.45, 2.75) is 31.8 Å². The molecule has 5 nitrogen and oxygen atoms in total. The van der Waals surface area contributed by atoms with Gasteiger partial charge in [-0.1, -0.05) is 6.07 Å². The third-order valence-electron chi connectivity index (χ3n) is 6.11. The number of fused-ring (bicyclic) bond motifs is 1. The van der Waals surface area contributed by atoms with Crippen LogP contribution in [0.15, 0.2) is 35.0 Å². The number of thiophene rings is 1. The fourth-order valence-electron chi connectivity index (χ4n) is 4.53. The van der Waals surface area contributed by atoms with Crippen LogP contribution >= 0.6 is 23.7 Å². The van der Waals surface area contributed by atoms with E-state index in [1.807, 2.05) is 18.2 Å². The highest BCUT2D eigenvalue weighted by molar-refractivity contribution is 7.07. The maximum Gasteiger partial charge on any atom is 0.258 e. The largest absolute Gasteiger partial charge is 0.486 e. The first kappa shape index (κ1) is 19.6. The first-order chi connectivity index (χ1) is 13.3. The van der Waals surface area contributed by atoms with Gasteiger partial charge in [-0.05, 0) is 72.3 Å². The molecule has 2 fully saturated rings. The van der Waals surface area contributed by atoms with Crippen LogP contribution in [0.4, 0.5) is 0 Å². The highest BCUT2D eigenvalue weighted by Crippen LogP contribution is 2.56. The Morgan fingerprint density at radius 1 is 1.21 bits per heavy atom. The van der Waals surface area contributed by atoms with E-state index >= 15 is 0 Å². The molecule has 1 N–H and O–H groups in total. The highest BCUT2D eigenvalue weighted by Gasteiger charge is 2.58. The van der Waals surface area contributed by atoms with Gasteiger partial charge in [-0.15, -0.1) is 12.4 Å². The van der Waals surface area contributed by atoms with E-state index < -0.39 is 0 Å². The second-order valence-corrected chi connectivity index (χ2v) is 8.51. The summed E-state index contributed by atoms with van der Waals surface area (Å²) in [5, 5.41) is 7.66. The maximum absolute atomic E-state index is 13.6. The van der Waals surface area contributed by atoms with Crippen molar-refractivity contribution < 1.29 is 14.3 Å². The fourth-order valence-corrected chi connectivity index (χ4v) is 5.19. The van der Waals surface area contributed by atoms with Crippen molar-refractivity contribution in [2.24, 2.45) is 5.41 Å². The predicted molar refractivity (Wildman–Crippen MR) is 112 cm³/mol. The number of hydrogen-bond donors (Lipinski definition) is 1. The SMILES string of the molecule is Cl.O=C(c1cccc2c1OCCO2)N(Cc1ccsc1)C1CC12CCNCC2. The van der Waals surface area contributed by atoms with Gasteiger partial charge in [0.15, 0.2) is 11.5 Å². The lowest BCUT2D eigenvalue weighted by atomic mass is 9.93. The molecule has 0 radical (unpaired) electrons. The van der Waals surface area contributed by atoms with E-state index in [9.17, 15) is 4.79 Å². The van der Waals surface area contributed by atoms with E-state index in [1.54, 1.807) is 11.3 Å². The Morgan fingerprint density at radius 3 is 2.82 bits per heavy atom. The summed E-state index contributed by atoms with van der Waals surface area (Å²) in [6.45, 7) is 3.78. The second kappa shape index (κ2) is 7.93. The summed E-state index contributed by atoms with van der Waals surface area (Å²) in [4.78, 5) is 15.7. The summed E-state index contributed by atoms with van der Waals surface area (Å²) in [5.41, 5.74) is 2.12. The lowest BCUT2D eigenvalue weighted by molar-refractivity contribution is 0.0682. The summed E-state index contributed by atoms with van der Waals surface area (Å²) < 4.78 is 11.5. The van der Waals surface area contributed by atoms with Crippen molar-refractivity contribution in [1.29, 1.82) is 0 Å².